The van der Waals surface area contributed by atoms with E-state index in [1.807, 2.05) is 0 Å². The van der Waals surface area contributed by atoms with Gasteiger partial charge in [0.05, 0.1) is 12.0 Å². The van der Waals surface area contributed by atoms with Crippen molar-refractivity contribution in [3.8, 4) is 6.07 Å². The Labute approximate surface area is 106 Å². The maximum absolute atomic E-state index is 9.36. The fourth-order valence-corrected chi connectivity index (χ4v) is 3.49. The zero-order valence-electron chi connectivity index (χ0n) is 11.2. The number of hydrogen-bond donors (Lipinski definition) is 0. The summed E-state index contributed by atoms with van der Waals surface area (Å²) in [6.45, 7) is 4.83. The van der Waals surface area contributed by atoms with E-state index in [9.17, 15) is 5.26 Å². The lowest BCUT2D eigenvalue weighted by Crippen LogP contribution is -2.40. The summed E-state index contributed by atoms with van der Waals surface area (Å²) in [4.78, 5) is 2.64. The second-order valence-corrected chi connectivity index (χ2v) is 6.01. The molecule has 0 bridgehead atoms. The molecule has 0 radical (unpaired) electrons. The Hall–Kier alpha value is -0.550. The van der Waals surface area contributed by atoms with Crippen LogP contribution in [0.1, 0.15) is 58.3 Å². The fourth-order valence-electron chi connectivity index (χ4n) is 3.49. The van der Waals surface area contributed by atoms with Crippen LogP contribution in [0.2, 0.25) is 0 Å². The largest absolute Gasteiger partial charge is 0.299 e. The van der Waals surface area contributed by atoms with Gasteiger partial charge in [-0.1, -0.05) is 26.2 Å². The highest BCUT2D eigenvalue weighted by Crippen LogP contribution is 2.29. The van der Waals surface area contributed by atoms with Gasteiger partial charge in [-0.3, -0.25) is 4.90 Å². The summed E-state index contributed by atoms with van der Waals surface area (Å²) < 4.78 is 0. The maximum Gasteiger partial charge on any atom is 0.0672 e. The van der Waals surface area contributed by atoms with Crippen molar-refractivity contribution in [1.82, 2.24) is 4.90 Å². The van der Waals surface area contributed by atoms with Crippen molar-refractivity contribution < 1.29 is 0 Å². The van der Waals surface area contributed by atoms with E-state index in [0.717, 1.165) is 12.3 Å². The normalized spacial score (nSPS) is 36.8. The van der Waals surface area contributed by atoms with E-state index in [-0.39, 0.29) is 0 Å². The van der Waals surface area contributed by atoms with Crippen LogP contribution >= 0.6 is 0 Å². The van der Waals surface area contributed by atoms with Crippen LogP contribution in [0.25, 0.3) is 0 Å². The van der Waals surface area contributed by atoms with Gasteiger partial charge in [-0.25, -0.2) is 0 Å². The molecule has 0 N–H and O–H groups in total. The predicted octanol–water partition coefficient (Wildman–Crippen LogP) is 3.58. The molecule has 1 saturated heterocycles. The molecular formula is C15H26N2. The highest BCUT2D eigenvalue weighted by atomic mass is 15.2. The first kappa shape index (κ1) is 12.9. The van der Waals surface area contributed by atoms with Crippen molar-refractivity contribution in [1.29, 1.82) is 5.26 Å². The number of likely N-dealkylation sites (tertiary alicyclic amines) is 1. The highest BCUT2D eigenvalue weighted by molar-refractivity contribution is 4.95. The first-order valence-electron chi connectivity index (χ1n) is 7.45. The average molecular weight is 234 g/mol. The van der Waals surface area contributed by atoms with Gasteiger partial charge in [-0.15, -0.1) is 0 Å². The topological polar surface area (TPSA) is 27.0 Å². The molecule has 2 aliphatic rings. The quantitative estimate of drug-likeness (QED) is 0.648. The van der Waals surface area contributed by atoms with Crippen LogP contribution in [-0.2, 0) is 0 Å². The van der Waals surface area contributed by atoms with E-state index in [4.69, 9.17) is 0 Å². The Balaban J connectivity index is 1.99. The van der Waals surface area contributed by atoms with Crippen molar-refractivity contribution >= 4 is 0 Å². The molecule has 2 rings (SSSR count). The highest BCUT2D eigenvalue weighted by Gasteiger charge is 2.29. The average Bonchev–Trinajstić information content (AvgIpc) is 2.68. The predicted molar refractivity (Wildman–Crippen MR) is 70.6 cm³/mol. The fraction of sp³-hybridized carbons (Fsp3) is 0.933. The molecule has 0 aromatic heterocycles. The van der Waals surface area contributed by atoms with Gasteiger partial charge < -0.3 is 0 Å². The zero-order chi connectivity index (χ0) is 12.1. The Kier molecular flexibility index (Phi) is 4.86. The Bertz CT molecular complexity index is 269. The molecule has 0 spiro atoms. The molecule has 0 amide bonds. The van der Waals surface area contributed by atoms with Crippen LogP contribution in [0.4, 0.5) is 0 Å². The molecule has 1 saturated carbocycles. The molecule has 17 heavy (non-hydrogen) atoms. The van der Waals surface area contributed by atoms with Crippen LogP contribution in [-0.4, -0.2) is 24.0 Å². The van der Waals surface area contributed by atoms with Gasteiger partial charge in [0, 0.05) is 6.04 Å². The monoisotopic (exact) mass is 234 g/mol. The number of nitrogens with zero attached hydrogens (tertiary/aromatic N) is 2. The maximum atomic E-state index is 9.36. The second-order valence-electron chi connectivity index (χ2n) is 6.01. The number of hydrogen-bond acceptors (Lipinski definition) is 2. The van der Waals surface area contributed by atoms with Gasteiger partial charge in [-0.05, 0) is 51.1 Å². The molecule has 1 aliphatic carbocycles. The van der Waals surface area contributed by atoms with Gasteiger partial charge in [0.15, 0.2) is 0 Å². The summed E-state index contributed by atoms with van der Waals surface area (Å²) in [6, 6.07) is 3.14. The van der Waals surface area contributed by atoms with Crippen LogP contribution in [0.5, 0.6) is 0 Å². The first-order chi connectivity index (χ1) is 8.31. The van der Waals surface area contributed by atoms with Gasteiger partial charge in [0.25, 0.3) is 0 Å². The molecule has 3 atom stereocenters. The van der Waals surface area contributed by atoms with Crippen LogP contribution in [0.3, 0.4) is 0 Å². The van der Waals surface area contributed by atoms with Crippen molar-refractivity contribution in [2.24, 2.45) is 11.8 Å². The van der Waals surface area contributed by atoms with E-state index in [1.165, 1.54) is 58.0 Å². The lowest BCUT2D eigenvalue weighted by Gasteiger charge is -2.32. The minimum Gasteiger partial charge on any atom is -0.299 e. The zero-order valence-corrected chi connectivity index (χ0v) is 11.2. The summed E-state index contributed by atoms with van der Waals surface area (Å²) in [5.41, 5.74) is 0. The molecular weight excluding hydrogens is 208 g/mol. The third-order valence-electron chi connectivity index (χ3n) is 4.67. The summed E-state index contributed by atoms with van der Waals surface area (Å²) in [5, 5.41) is 9.36. The third kappa shape index (κ3) is 3.45. The Morgan fingerprint density at radius 2 is 1.76 bits per heavy atom. The smallest absolute Gasteiger partial charge is 0.0672 e. The first-order valence-corrected chi connectivity index (χ1v) is 7.45. The standard InChI is InChI=1S/C15H26N2/c1-13-6-5-10-17(11-9-13)15-8-4-2-3-7-14(15)12-16/h13-15H,2-11H2,1H3. The van der Waals surface area contributed by atoms with Gasteiger partial charge in [-0.2, -0.15) is 5.26 Å². The second kappa shape index (κ2) is 6.40. The van der Waals surface area contributed by atoms with E-state index >= 15 is 0 Å². The molecule has 0 aromatic rings. The van der Waals surface area contributed by atoms with Crippen LogP contribution < -0.4 is 0 Å². The van der Waals surface area contributed by atoms with E-state index in [0.29, 0.717) is 12.0 Å². The van der Waals surface area contributed by atoms with Gasteiger partial charge in [0.2, 0.25) is 0 Å². The van der Waals surface area contributed by atoms with E-state index in [2.05, 4.69) is 17.9 Å². The summed E-state index contributed by atoms with van der Waals surface area (Å²) >= 11 is 0. The molecule has 1 heterocycles. The van der Waals surface area contributed by atoms with Crippen molar-refractivity contribution in [3.05, 3.63) is 0 Å². The lowest BCUT2D eigenvalue weighted by molar-refractivity contribution is 0.158. The van der Waals surface area contributed by atoms with Crippen LogP contribution in [0, 0.1) is 23.2 Å². The van der Waals surface area contributed by atoms with Gasteiger partial charge >= 0.3 is 0 Å². The minimum atomic E-state index is 0.297. The van der Waals surface area contributed by atoms with Crippen LogP contribution in [0.15, 0.2) is 0 Å². The summed E-state index contributed by atoms with van der Waals surface area (Å²) in [6.07, 6.45) is 10.3. The van der Waals surface area contributed by atoms with E-state index in [1.54, 1.807) is 0 Å². The number of nitriles is 1. The molecule has 3 unspecified atom stereocenters. The third-order valence-corrected chi connectivity index (χ3v) is 4.67. The Morgan fingerprint density at radius 1 is 0.941 bits per heavy atom. The van der Waals surface area contributed by atoms with Gasteiger partial charge in [0.1, 0.15) is 0 Å². The molecule has 2 nitrogen and oxygen atoms in total. The Morgan fingerprint density at radius 3 is 2.59 bits per heavy atom. The SMILES string of the molecule is CC1CCCN(C2CCCCCC2C#N)CC1. The molecule has 2 fully saturated rings. The molecule has 1 aliphatic heterocycles. The minimum absolute atomic E-state index is 0.297. The molecule has 2 heteroatoms. The summed E-state index contributed by atoms with van der Waals surface area (Å²) in [7, 11) is 0. The number of rotatable bonds is 1. The molecule has 0 aromatic carbocycles. The van der Waals surface area contributed by atoms with Crippen molar-refractivity contribution in [2.45, 2.75) is 64.3 Å². The lowest BCUT2D eigenvalue weighted by atomic mass is 9.94. The molecule has 96 valence electrons. The van der Waals surface area contributed by atoms with E-state index < -0.39 is 0 Å². The van der Waals surface area contributed by atoms with Crippen molar-refractivity contribution in [2.75, 3.05) is 13.1 Å². The van der Waals surface area contributed by atoms with Crippen molar-refractivity contribution in [3.63, 3.8) is 0 Å². The summed E-state index contributed by atoms with van der Waals surface area (Å²) in [5.74, 6) is 1.18.